The highest BCUT2D eigenvalue weighted by Gasteiger charge is 2.49. The number of nitrogens with zero attached hydrogens (tertiary/aromatic N) is 1. The van der Waals surface area contributed by atoms with E-state index in [0.29, 0.717) is 110 Å². The fourth-order valence-electron chi connectivity index (χ4n) is 10.1. The monoisotopic (exact) mass is 1320 g/mol. The first-order valence-corrected chi connectivity index (χ1v) is 34.3. The van der Waals surface area contributed by atoms with Gasteiger partial charge in [0, 0.05) is 98.8 Å². The van der Waals surface area contributed by atoms with Crippen LogP contribution < -0.4 is 16.8 Å². The summed E-state index contributed by atoms with van der Waals surface area (Å²) >= 11 is 1.08. The van der Waals surface area contributed by atoms with Crippen molar-refractivity contribution in [1.82, 2.24) is 5.32 Å². The lowest BCUT2D eigenvalue weighted by Crippen LogP contribution is -2.59. The molecular formula is C61H120N4O24S. The average Bonchev–Trinajstić information content (AvgIpc) is 1.97. The average molecular weight is 1330 g/mol. The summed E-state index contributed by atoms with van der Waals surface area (Å²) in [4.78, 5) is 16.2. The second-order valence-corrected chi connectivity index (χ2v) is 23.0. The normalized spacial score (nSPS) is 32.2. The van der Waals surface area contributed by atoms with Gasteiger partial charge < -0.3 is 129 Å². The number of rotatable bonds is 47. The van der Waals surface area contributed by atoms with Crippen molar-refractivity contribution in [2.75, 3.05) is 111 Å². The van der Waals surface area contributed by atoms with Gasteiger partial charge in [0.15, 0.2) is 18.9 Å². The van der Waals surface area contributed by atoms with Crippen molar-refractivity contribution in [1.29, 1.82) is 0 Å². The first kappa shape index (κ1) is 84.4. The smallest absolute Gasteiger partial charge is 0.219 e. The van der Waals surface area contributed by atoms with Crippen LogP contribution in [0.3, 0.4) is 0 Å². The van der Waals surface area contributed by atoms with E-state index in [0.717, 1.165) is 37.4 Å². The van der Waals surface area contributed by atoms with Gasteiger partial charge in [-0.05, 0) is 90.5 Å². The highest BCUT2D eigenvalue weighted by Crippen LogP contribution is 2.32. The SMILES string of the molecule is CC.CC.CCCCCC(=O)NCCCOCCCOC1C(OCC)OC(CCCOC2OC(CCCOC3OC(CC)C(O)C(O)C3OCCCOCCCN)C(O)C(O)C2OCCCOCCCN=C(N)CSC2OC(CO)C(O)C(O)C2O)C(O)C1O. The minimum Gasteiger partial charge on any atom is -0.394 e. The van der Waals surface area contributed by atoms with Crippen LogP contribution in [-0.4, -0.2) is 296 Å². The lowest BCUT2D eigenvalue weighted by Gasteiger charge is -2.43. The molecule has 4 fully saturated rings. The fraction of sp³-hybridized carbons (Fsp3) is 0.967. The molecule has 1 amide bonds. The van der Waals surface area contributed by atoms with E-state index in [-0.39, 0.29) is 76.6 Å². The molecule has 4 aliphatic heterocycles. The Kier molecular flexibility index (Phi) is 48.4. The number of aliphatic hydroxyl groups is 10. The number of carbonyl (C=O) groups excluding carboxylic acids is 1. The van der Waals surface area contributed by atoms with Gasteiger partial charge in [0.05, 0.1) is 30.7 Å². The number of amides is 1. The number of ether oxygens (including phenoxy) is 13. The number of thioether (sulfide) groups is 1. The molecule has 0 aromatic carbocycles. The summed E-state index contributed by atoms with van der Waals surface area (Å²) in [5.41, 5.74) is 10.7. The molecule has 0 radical (unpaired) electrons. The third-order valence-corrected chi connectivity index (χ3v) is 16.2. The summed E-state index contributed by atoms with van der Waals surface area (Å²) < 4.78 is 77.3. The number of carbonyl (C=O) groups is 1. The van der Waals surface area contributed by atoms with Crippen LogP contribution in [0.15, 0.2) is 4.99 Å². The van der Waals surface area contributed by atoms with E-state index in [1.165, 1.54) is 0 Å². The van der Waals surface area contributed by atoms with Crippen molar-refractivity contribution in [2.24, 2.45) is 16.5 Å². The highest BCUT2D eigenvalue weighted by atomic mass is 32.2. The van der Waals surface area contributed by atoms with Crippen molar-refractivity contribution >= 4 is 23.5 Å². The minimum atomic E-state index is -1.49. The zero-order chi connectivity index (χ0) is 66.6. The van der Waals surface area contributed by atoms with Gasteiger partial charge in [0.25, 0.3) is 0 Å². The van der Waals surface area contributed by atoms with Crippen molar-refractivity contribution < 1.29 is 117 Å². The maximum Gasteiger partial charge on any atom is 0.219 e. The Bertz CT molecular complexity index is 1770. The van der Waals surface area contributed by atoms with Crippen LogP contribution in [-0.2, 0) is 66.4 Å². The van der Waals surface area contributed by atoms with E-state index < -0.39 is 129 Å². The van der Waals surface area contributed by atoms with Gasteiger partial charge in [-0.1, -0.05) is 54.4 Å². The molecule has 28 nitrogen and oxygen atoms in total. The molecule has 0 saturated carbocycles. The predicted octanol–water partition coefficient (Wildman–Crippen LogP) is 0.510. The Balaban J connectivity index is 0.00000676. The molecule has 0 aromatic heterocycles. The Labute approximate surface area is 538 Å². The molecule has 4 rings (SSSR count). The third-order valence-electron chi connectivity index (χ3n) is 15.0. The summed E-state index contributed by atoms with van der Waals surface area (Å²) in [6, 6.07) is 0. The summed E-state index contributed by atoms with van der Waals surface area (Å²) in [6.07, 6.45) is -13.8. The highest BCUT2D eigenvalue weighted by molar-refractivity contribution is 8.00. The summed E-state index contributed by atoms with van der Waals surface area (Å²) in [5, 5.41) is 110. The lowest BCUT2D eigenvalue weighted by molar-refractivity contribution is -0.314. The number of hydrogen-bond acceptors (Lipinski definition) is 27. The van der Waals surface area contributed by atoms with Gasteiger partial charge in [0.1, 0.15) is 90.6 Å². The molecule has 90 heavy (non-hydrogen) atoms. The molecule has 4 aliphatic rings. The quantitative estimate of drug-likeness (QED) is 0.0224. The van der Waals surface area contributed by atoms with E-state index in [2.05, 4.69) is 17.2 Å². The number of hydrogen-bond donors (Lipinski definition) is 13. The molecule has 534 valence electrons. The van der Waals surface area contributed by atoms with E-state index in [1.54, 1.807) is 6.92 Å². The van der Waals surface area contributed by atoms with E-state index in [4.69, 9.17) is 73.0 Å². The van der Waals surface area contributed by atoms with Gasteiger partial charge in [-0.2, -0.15) is 0 Å². The topological polar surface area (TPSA) is 416 Å². The Morgan fingerprint density at radius 1 is 0.489 bits per heavy atom. The van der Waals surface area contributed by atoms with Crippen LogP contribution in [0.1, 0.15) is 145 Å². The van der Waals surface area contributed by atoms with Crippen LogP contribution in [0.4, 0.5) is 0 Å². The Morgan fingerprint density at radius 2 is 0.933 bits per heavy atom. The first-order chi connectivity index (χ1) is 43.6. The number of nitrogens with two attached hydrogens (primary N) is 2. The lowest BCUT2D eigenvalue weighted by atomic mass is 9.95. The molecule has 20 unspecified atom stereocenters. The zero-order valence-electron chi connectivity index (χ0n) is 54.9. The Morgan fingerprint density at radius 3 is 1.41 bits per heavy atom. The first-order valence-electron chi connectivity index (χ1n) is 33.3. The molecular weight excluding hydrogens is 1200 g/mol. The summed E-state index contributed by atoms with van der Waals surface area (Å²) in [6.45, 7) is 17.9. The van der Waals surface area contributed by atoms with E-state index in [9.17, 15) is 55.9 Å². The van der Waals surface area contributed by atoms with Gasteiger partial charge in [-0.15, -0.1) is 11.8 Å². The standard InChI is InChI=1S/C57H108N4O24S.2C2H6/c1-4-7-8-19-41(63)61-22-13-25-75-28-15-31-77-51-48(70)43(65)37(83-54(51)76-6-3)17-9-30-81-56-53(79-33-16-27-74-24-12-21-60-40(59)35-86-57-50(72)46(68)45(67)39(34-62)85-57)49(71)44(66)38(84-56)18-10-29-80-55-52(47(69)42(64)36(5-2)82-55)78-32-14-26-73-23-11-20-58;2*1-2/h36-39,42-57,62,64-72H,4-35,58H2,1-3H3,(H2,59,60)(H,61,63);2*1-2H3. The maximum atomic E-state index is 11.9. The molecule has 4 saturated heterocycles. The van der Waals surface area contributed by atoms with Crippen molar-refractivity contribution in [3.8, 4) is 0 Å². The van der Waals surface area contributed by atoms with Gasteiger partial charge in [-0.3, -0.25) is 9.79 Å². The molecule has 15 N–H and O–H groups in total. The summed E-state index contributed by atoms with van der Waals surface area (Å²) in [7, 11) is 0. The summed E-state index contributed by atoms with van der Waals surface area (Å²) in [5.74, 6) is 0.481. The zero-order valence-corrected chi connectivity index (χ0v) is 55.7. The number of nitrogens with one attached hydrogen (secondary N) is 1. The second kappa shape index (κ2) is 51.6. The van der Waals surface area contributed by atoms with Crippen LogP contribution in [0, 0.1) is 0 Å². The van der Waals surface area contributed by atoms with Crippen LogP contribution in [0.25, 0.3) is 0 Å². The molecule has 4 heterocycles. The van der Waals surface area contributed by atoms with Crippen LogP contribution in [0.2, 0.25) is 0 Å². The van der Waals surface area contributed by atoms with E-state index in [1.807, 2.05) is 34.6 Å². The molecule has 0 aliphatic carbocycles. The number of aliphatic hydroxyl groups excluding tert-OH is 10. The van der Waals surface area contributed by atoms with Crippen molar-refractivity contribution in [3.63, 3.8) is 0 Å². The second-order valence-electron chi connectivity index (χ2n) is 21.9. The Hall–Kier alpha value is -1.67. The maximum absolute atomic E-state index is 11.9. The largest absolute Gasteiger partial charge is 0.394 e. The van der Waals surface area contributed by atoms with Crippen molar-refractivity contribution in [3.05, 3.63) is 0 Å². The minimum absolute atomic E-state index is 0.0337. The fourth-order valence-corrected chi connectivity index (χ4v) is 11.1. The molecule has 20 atom stereocenters. The van der Waals surface area contributed by atoms with E-state index >= 15 is 0 Å². The van der Waals surface area contributed by atoms with Crippen molar-refractivity contribution in [2.45, 2.75) is 267 Å². The number of amidine groups is 1. The molecule has 29 heteroatoms. The third kappa shape index (κ3) is 31.0. The van der Waals surface area contributed by atoms with Gasteiger partial charge in [-0.25, -0.2) is 0 Å². The van der Waals surface area contributed by atoms with Gasteiger partial charge in [0.2, 0.25) is 5.91 Å². The molecule has 0 spiro atoms. The molecule has 0 aromatic rings. The number of aliphatic imine (C=N–C) groups is 1. The van der Waals surface area contributed by atoms with Gasteiger partial charge >= 0.3 is 0 Å². The number of unbranched alkanes of at least 4 members (excludes halogenated alkanes) is 2. The van der Waals surface area contributed by atoms with Crippen LogP contribution >= 0.6 is 11.8 Å². The van der Waals surface area contributed by atoms with Crippen LogP contribution in [0.5, 0.6) is 0 Å². The predicted molar refractivity (Wildman–Crippen MR) is 335 cm³/mol. The molecule has 0 bridgehead atoms.